The van der Waals surface area contributed by atoms with Gasteiger partial charge in [-0.1, -0.05) is 38.0 Å². The Balaban J connectivity index is 1.57. The van der Waals surface area contributed by atoms with Crippen LogP contribution in [-0.4, -0.2) is 47.0 Å². The Morgan fingerprint density at radius 1 is 1.16 bits per heavy atom. The normalized spacial score (nSPS) is 14.7. The highest BCUT2D eigenvalue weighted by Crippen LogP contribution is 2.32. The van der Waals surface area contributed by atoms with Crippen molar-refractivity contribution in [1.82, 2.24) is 19.4 Å². The summed E-state index contributed by atoms with van der Waals surface area (Å²) in [6.45, 7) is 15.9. The Morgan fingerprint density at radius 2 is 1.95 bits per heavy atom. The maximum absolute atomic E-state index is 4.75. The summed E-state index contributed by atoms with van der Waals surface area (Å²) >= 11 is 0. The molecule has 1 saturated heterocycles. The van der Waals surface area contributed by atoms with E-state index < -0.39 is 0 Å². The quantitative estimate of drug-likeness (QED) is 0.231. The van der Waals surface area contributed by atoms with Crippen LogP contribution in [0.25, 0.3) is 29.2 Å². The highest BCUT2D eigenvalue weighted by Gasteiger charge is 2.19. The minimum atomic E-state index is 0.676. The van der Waals surface area contributed by atoms with E-state index in [1.807, 2.05) is 30.6 Å². The van der Waals surface area contributed by atoms with Crippen LogP contribution in [0.5, 0.6) is 0 Å². The third-order valence-corrected chi connectivity index (χ3v) is 6.94. The average molecular weight is 495 g/mol. The van der Waals surface area contributed by atoms with Gasteiger partial charge < -0.3 is 19.8 Å². The molecule has 2 aromatic heterocycles. The van der Waals surface area contributed by atoms with E-state index in [1.54, 1.807) is 13.1 Å². The van der Waals surface area contributed by atoms with Crippen LogP contribution in [0.4, 0.5) is 5.69 Å². The molecule has 3 heterocycles. The summed E-state index contributed by atoms with van der Waals surface area (Å²) in [6.07, 6.45) is 19.2. The smallest absolute Gasteiger partial charge is 0.142 e. The minimum Gasteiger partial charge on any atom is -0.381 e. The summed E-state index contributed by atoms with van der Waals surface area (Å²) in [5.41, 5.74) is 6.28. The summed E-state index contributed by atoms with van der Waals surface area (Å²) in [5, 5.41) is 6.91. The first kappa shape index (κ1) is 26.2. The summed E-state index contributed by atoms with van der Waals surface area (Å²) in [6, 6.07) is 8.40. The van der Waals surface area contributed by atoms with E-state index in [0.717, 1.165) is 65.1 Å². The minimum absolute atomic E-state index is 0.676. The molecule has 4 rings (SSSR count). The van der Waals surface area contributed by atoms with Crippen LogP contribution in [0.15, 0.2) is 85.3 Å². The van der Waals surface area contributed by atoms with Crippen molar-refractivity contribution in [3.8, 4) is 17.1 Å². The Kier molecular flexibility index (Phi) is 9.11. The van der Waals surface area contributed by atoms with Gasteiger partial charge in [-0.3, -0.25) is 4.99 Å². The number of imidazole rings is 1. The van der Waals surface area contributed by atoms with E-state index in [2.05, 4.69) is 81.2 Å². The topological polar surface area (TPSA) is 59.2 Å². The average Bonchev–Trinajstić information content (AvgIpc) is 3.55. The van der Waals surface area contributed by atoms with E-state index in [9.17, 15) is 0 Å². The van der Waals surface area contributed by atoms with E-state index in [0.29, 0.717) is 6.54 Å². The number of allylic oxidation sites excluding steroid dienone is 2. The molecule has 3 aromatic rings. The molecule has 1 fully saturated rings. The lowest BCUT2D eigenvalue weighted by Gasteiger charge is -2.22. The maximum Gasteiger partial charge on any atom is 0.142 e. The molecule has 192 valence electrons. The summed E-state index contributed by atoms with van der Waals surface area (Å²) < 4.78 is 4.45. The Labute approximate surface area is 220 Å². The molecule has 1 aliphatic heterocycles. The van der Waals surface area contributed by atoms with Crippen molar-refractivity contribution in [3.05, 3.63) is 91.6 Å². The monoisotopic (exact) mass is 494 g/mol. The molecular weight excluding hydrogens is 456 g/mol. The first-order chi connectivity index (χ1) is 18.2. The zero-order valence-electron chi connectivity index (χ0n) is 21.9. The van der Waals surface area contributed by atoms with E-state index in [1.165, 1.54) is 19.3 Å². The lowest BCUT2D eigenvalue weighted by atomic mass is 9.95. The summed E-state index contributed by atoms with van der Waals surface area (Å²) in [5.74, 6) is 1.75. The number of hydrogen-bond acceptors (Lipinski definition) is 4. The second kappa shape index (κ2) is 12.9. The number of anilines is 1. The van der Waals surface area contributed by atoms with Gasteiger partial charge in [0, 0.05) is 67.4 Å². The fraction of sp³-hybridized carbons (Fsp3) is 0.290. The number of aliphatic imine (C=N–C) groups is 1. The summed E-state index contributed by atoms with van der Waals surface area (Å²) in [4.78, 5) is 8.86. The lowest BCUT2D eigenvalue weighted by Crippen LogP contribution is -2.28. The lowest BCUT2D eigenvalue weighted by molar-refractivity contribution is 0.338. The molecule has 37 heavy (non-hydrogen) atoms. The first-order valence-corrected chi connectivity index (χ1v) is 13.0. The van der Waals surface area contributed by atoms with Crippen molar-refractivity contribution < 1.29 is 0 Å². The molecule has 1 aromatic carbocycles. The molecule has 6 heteroatoms. The van der Waals surface area contributed by atoms with Crippen LogP contribution in [0.3, 0.4) is 0 Å². The predicted octanol–water partition coefficient (Wildman–Crippen LogP) is 6.24. The van der Waals surface area contributed by atoms with Crippen LogP contribution < -0.4 is 10.6 Å². The van der Waals surface area contributed by atoms with Crippen LogP contribution in [0.1, 0.15) is 30.5 Å². The van der Waals surface area contributed by atoms with Gasteiger partial charge in [-0.05, 0) is 74.2 Å². The number of nitrogens with zero attached hydrogens (tertiary/aromatic N) is 4. The molecule has 0 atom stereocenters. The molecule has 1 aliphatic rings. The van der Waals surface area contributed by atoms with Gasteiger partial charge in [0.2, 0.25) is 0 Å². The number of hydrogen-bond donors (Lipinski definition) is 2. The van der Waals surface area contributed by atoms with Crippen molar-refractivity contribution in [3.63, 3.8) is 0 Å². The summed E-state index contributed by atoms with van der Waals surface area (Å²) in [7, 11) is 1.77. The molecule has 0 spiro atoms. The van der Waals surface area contributed by atoms with Gasteiger partial charge in [0.25, 0.3) is 0 Å². The fourth-order valence-corrected chi connectivity index (χ4v) is 4.99. The molecule has 0 radical (unpaired) electrons. The molecule has 0 unspecified atom stereocenters. The van der Waals surface area contributed by atoms with Crippen LogP contribution in [-0.2, 0) is 6.54 Å². The highest BCUT2D eigenvalue weighted by atomic mass is 15.1. The van der Waals surface area contributed by atoms with Gasteiger partial charge in [0.05, 0.1) is 5.69 Å². The first-order valence-electron chi connectivity index (χ1n) is 13.0. The molecule has 6 nitrogen and oxygen atoms in total. The van der Waals surface area contributed by atoms with Crippen molar-refractivity contribution >= 4 is 24.1 Å². The number of aromatic nitrogens is 3. The van der Waals surface area contributed by atoms with Crippen molar-refractivity contribution in [2.75, 3.05) is 32.0 Å². The predicted molar refractivity (Wildman–Crippen MR) is 159 cm³/mol. The van der Waals surface area contributed by atoms with Crippen LogP contribution in [0, 0.1) is 5.92 Å². The molecule has 0 amide bonds. The number of rotatable bonds is 12. The Morgan fingerprint density at radius 3 is 2.62 bits per heavy atom. The molecule has 0 bridgehead atoms. The standard InChI is InChI=1S/C31H38N6/c1-5-8-25(21-32-4)22-35-26-9-11-27(12-10-26)37-23-29(28(6-2)30(37)7-3)31-34-18-20-36(31)19-15-24-13-16-33-17-14-24/h5-12,18,20-21,23-24,33,35H,1-3,13-17,19,22H2,4H3/b25-8+,32-21?. The molecule has 0 saturated carbocycles. The molecule has 2 N–H and O–H groups in total. The number of aryl methyl sites for hydroxylation is 1. The zero-order valence-corrected chi connectivity index (χ0v) is 21.9. The van der Waals surface area contributed by atoms with Gasteiger partial charge >= 0.3 is 0 Å². The van der Waals surface area contributed by atoms with Gasteiger partial charge in [-0.15, -0.1) is 0 Å². The fourth-order valence-electron chi connectivity index (χ4n) is 4.99. The third-order valence-electron chi connectivity index (χ3n) is 6.94. The van der Waals surface area contributed by atoms with Crippen molar-refractivity contribution in [1.29, 1.82) is 0 Å². The second-order valence-electron chi connectivity index (χ2n) is 9.31. The van der Waals surface area contributed by atoms with Crippen LogP contribution >= 0.6 is 0 Å². The number of nitrogens with one attached hydrogen (secondary N) is 2. The maximum atomic E-state index is 4.75. The van der Waals surface area contributed by atoms with Gasteiger partial charge in [-0.2, -0.15) is 0 Å². The number of piperidine rings is 1. The van der Waals surface area contributed by atoms with Crippen LogP contribution in [0.2, 0.25) is 0 Å². The Bertz CT molecular complexity index is 1270. The van der Waals surface area contributed by atoms with E-state index in [4.69, 9.17) is 4.98 Å². The molecular formula is C31H38N6. The van der Waals surface area contributed by atoms with E-state index >= 15 is 0 Å². The van der Waals surface area contributed by atoms with Crippen molar-refractivity contribution in [2.24, 2.45) is 10.9 Å². The van der Waals surface area contributed by atoms with Crippen molar-refractivity contribution in [2.45, 2.75) is 25.8 Å². The molecule has 0 aliphatic carbocycles. The largest absolute Gasteiger partial charge is 0.381 e. The third kappa shape index (κ3) is 6.27. The highest BCUT2D eigenvalue weighted by molar-refractivity contribution is 5.80. The second-order valence-corrected chi connectivity index (χ2v) is 9.31. The number of benzene rings is 1. The van der Waals surface area contributed by atoms with Gasteiger partial charge in [-0.25, -0.2) is 4.98 Å². The zero-order chi connectivity index (χ0) is 26.0. The van der Waals surface area contributed by atoms with Gasteiger partial charge in [0.15, 0.2) is 0 Å². The van der Waals surface area contributed by atoms with E-state index in [-0.39, 0.29) is 0 Å². The Hall–Kier alpha value is -3.90. The SMILES string of the molecule is C=C/C=C(\C=NC)CNc1ccc(-n2cc(-c3nccn3CCC3CCNCC3)c(C=C)c2C=C)cc1. The van der Waals surface area contributed by atoms with Gasteiger partial charge in [0.1, 0.15) is 5.82 Å².